The first-order chi connectivity index (χ1) is 6.12. The molecule has 0 spiro atoms. The van der Waals surface area contributed by atoms with Crippen LogP contribution >= 0.6 is 0 Å². The van der Waals surface area contributed by atoms with Crippen LogP contribution in [0.4, 0.5) is 9.59 Å². The average molecular weight is 192 g/mol. The first-order valence-corrected chi connectivity index (χ1v) is 3.96. The van der Waals surface area contributed by atoms with Crippen molar-refractivity contribution in [3.63, 3.8) is 0 Å². The van der Waals surface area contributed by atoms with Crippen LogP contribution in [0.25, 0.3) is 0 Å². The molecule has 0 aromatic carbocycles. The Morgan fingerprint density at radius 2 is 1.23 bits per heavy atom. The molecule has 0 fully saturated rings. The summed E-state index contributed by atoms with van der Waals surface area (Å²) < 4.78 is 11.7. The summed E-state index contributed by atoms with van der Waals surface area (Å²) in [6, 6.07) is 0. The zero-order valence-corrected chi connectivity index (χ0v) is 8.46. The Balaban J connectivity index is 0. The van der Waals surface area contributed by atoms with E-state index >= 15 is 0 Å². The molecule has 0 heterocycles. The van der Waals surface area contributed by atoms with Crippen molar-refractivity contribution in [2.45, 2.75) is 26.7 Å². The third-order valence-electron chi connectivity index (χ3n) is 1.000. The molecule has 0 saturated heterocycles. The van der Waals surface area contributed by atoms with Gasteiger partial charge in [-0.2, -0.15) is 0 Å². The van der Waals surface area contributed by atoms with Crippen LogP contribution in [-0.2, 0) is 14.2 Å². The van der Waals surface area contributed by atoms with Gasteiger partial charge >= 0.3 is 12.3 Å². The Labute approximate surface area is 78.0 Å². The largest absolute Gasteiger partial charge is 0.518 e. The highest BCUT2D eigenvalue weighted by atomic mass is 16.8. The number of hydrogen-bond acceptors (Lipinski definition) is 5. The summed E-state index contributed by atoms with van der Waals surface area (Å²) >= 11 is 0. The summed E-state index contributed by atoms with van der Waals surface area (Å²) in [5.41, 5.74) is 0. The van der Waals surface area contributed by atoms with Crippen LogP contribution in [0.1, 0.15) is 26.7 Å². The molecule has 0 aliphatic carbocycles. The molecule has 0 unspecified atom stereocenters. The predicted molar refractivity (Wildman–Crippen MR) is 46.5 cm³/mol. The summed E-state index contributed by atoms with van der Waals surface area (Å²) in [4.78, 5) is 20.1. The van der Waals surface area contributed by atoms with Crippen molar-refractivity contribution in [2.75, 3.05) is 14.2 Å². The lowest BCUT2D eigenvalue weighted by atomic mass is 10.4. The van der Waals surface area contributed by atoms with E-state index in [1.807, 2.05) is 0 Å². The van der Waals surface area contributed by atoms with Crippen LogP contribution in [0.15, 0.2) is 0 Å². The second-order valence-corrected chi connectivity index (χ2v) is 2.01. The fraction of sp³-hybridized carbons (Fsp3) is 0.750. The third kappa shape index (κ3) is 13.7. The maximum atomic E-state index is 10.0. The first-order valence-electron chi connectivity index (χ1n) is 3.96. The van der Waals surface area contributed by atoms with E-state index in [0.29, 0.717) is 0 Å². The van der Waals surface area contributed by atoms with E-state index < -0.39 is 12.3 Å². The lowest BCUT2D eigenvalue weighted by Gasteiger charge is -1.96. The lowest BCUT2D eigenvalue weighted by Crippen LogP contribution is -2.11. The van der Waals surface area contributed by atoms with E-state index in [4.69, 9.17) is 0 Å². The second kappa shape index (κ2) is 10.7. The molecule has 0 radical (unpaired) electrons. The second-order valence-electron chi connectivity index (χ2n) is 2.01. The van der Waals surface area contributed by atoms with Gasteiger partial charge in [-0.05, 0) is 0 Å². The van der Waals surface area contributed by atoms with Crippen LogP contribution in [-0.4, -0.2) is 26.5 Å². The van der Waals surface area contributed by atoms with Gasteiger partial charge in [0.1, 0.15) is 0 Å². The molecule has 0 aliphatic heterocycles. The molecule has 0 rings (SSSR count). The van der Waals surface area contributed by atoms with E-state index in [9.17, 15) is 9.59 Å². The summed E-state index contributed by atoms with van der Waals surface area (Å²) in [5.74, 6) is 0. The Morgan fingerprint density at radius 1 is 0.923 bits per heavy atom. The molecule has 0 aliphatic rings. The summed E-state index contributed by atoms with van der Waals surface area (Å²) in [6.45, 7) is 4.36. The SMILES string of the molecule is CCCC.COC(=O)OC(=O)OC. The van der Waals surface area contributed by atoms with Gasteiger partial charge in [0.05, 0.1) is 14.2 Å². The van der Waals surface area contributed by atoms with Gasteiger partial charge < -0.3 is 14.2 Å². The van der Waals surface area contributed by atoms with Gasteiger partial charge in [0, 0.05) is 0 Å². The van der Waals surface area contributed by atoms with Gasteiger partial charge in [0.15, 0.2) is 0 Å². The highest BCUT2D eigenvalue weighted by molar-refractivity contribution is 5.76. The van der Waals surface area contributed by atoms with Crippen LogP contribution in [0.5, 0.6) is 0 Å². The highest BCUT2D eigenvalue weighted by Crippen LogP contribution is 1.85. The minimum absolute atomic E-state index is 1.08. The summed E-state index contributed by atoms with van der Waals surface area (Å²) in [5, 5.41) is 0. The van der Waals surface area contributed by atoms with Crippen molar-refractivity contribution >= 4 is 12.3 Å². The van der Waals surface area contributed by atoms with Gasteiger partial charge in [0.2, 0.25) is 0 Å². The Kier molecular flexibility index (Phi) is 11.8. The quantitative estimate of drug-likeness (QED) is 0.471. The topological polar surface area (TPSA) is 61.8 Å². The Bertz CT molecular complexity index is 127. The number of unbranched alkanes of at least 4 members (excludes halogenated alkanes) is 1. The molecule has 0 N–H and O–H groups in total. The molecule has 0 aromatic rings. The Morgan fingerprint density at radius 3 is 1.38 bits per heavy atom. The molecular formula is C8H16O5. The van der Waals surface area contributed by atoms with Crippen LogP contribution in [0.3, 0.4) is 0 Å². The van der Waals surface area contributed by atoms with Crippen molar-refractivity contribution in [1.29, 1.82) is 0 Å². The molecule has 0 aromatic heterocycles. The Hall–Kier alpha value is -1.26. The number of hydrogen-bond donors (Lipinski definition) is 0. The van der Waals surface area contributed by atoms with Crippen molar-refractivity contribution in [3.8, 4) is 0 Å². The smallest absolute Gasteiger partial charge is 0.437 e. The molecule has 78 valence electrons. The third-order valence-corrected chi connectivity index (χ3v) is 1.000. The molecule has 5 heteroatoms. The van der Waals surface area contributed by atoms with Crippen molar-refractivity contribution in [1.82, 2.24) is 0 Å². The van der Waals surface area contributed by atoms with E-state index in [0.717, 1.165) is 14.2 Å². The van der Waals surface area contributed by atoms with Gasteiger partial charge in [-0.25, -0.2) is 9.59 Å². The number of ether oxygens (including phenoxy) is 3. The molecule has 0 atom stereocenters. The van der Waals surface area contributed by atoms with Gasteiger partial charge in [-0.1, -0.05) is 26.7 Å². The number of carbonyl (C=O) groups is 2. The van der Waals surface area contributed by atoms with Crippen LogP contribution in [0, 0.1) is 0 Å². The maximum absolute atomic E-state index is 10.0. The molecule has 0 saturated carbocycles. The normalized spacial score (nSPS) is 7.69. The van der Waals surface area contributed by atoms with E-state index in [-0.39, 0.29) is 0 Å². The van der Waals surface area contributed by atoms with Crippen LogP contribution in [0.2, 0.25) is 0 Å². The lowest BCUT2D eigenvalue weighted by molar-refractivity contribution is 0.0568. The van der Waals surface area contributed by atoms with Gasteiger partial charge in [-0.3, -0.25) is 0 Å². The zero-order chi connectivity index (χ0) is 10.7. The van der Waals surface area contributed by atoms with Gasteiger partial charge in [-0.15, -0.1) is 0 Å². The fourth-order valence-electron chi connectivity index (χ4n) is 0.151. The summed E-state index contributed by atoms with van der Waals surface area (Å²) in [7, 11) is 2.18. The monoisotopic (exact) mass is 192 g/mol. The number of methoxy groups -OCH3 is 2. The number of rotatable bonds is 1. The van der Waals surface area contributed by atoms with Gasteiger partial charge in [0.25, 0.3) is 0 Å². The molecular weight excluding hydrogens is 176 g/mol. The predicted octanol–water partition coefficient (Wildman–Crippen LogP) is 2.34. The molecule has 13 heavy (non-hydrogen) atoms. The first kappa shape index (κ1) is 14.3. The standard InChI is InChI=1S/C4H6O5.C4H10/c1-7-3(5)9-4(6)8-2;1-3-4-2/h1-2H3;3-4H2,1-2H3. The van der Waals surface area contributed by atoms with Crippen LogP contribution < -0.4 is 0 Å². The minimum atomic E-state index is -1.08. The molecule has 0 bridgehead atoms. The fourth-order valence-corrected chi connectivity index (χ4v) is 0.151. The van der Waals surface area contributed by atoms with Crippen molar-refractivity contribution < 1.29 is 23.8 Å². The summed E-state index contributed by atoms with van der Waals surface area (Å²) in [6.07, 6.45) is 0.476. The zero-order valence-electron chi connectivity index (χ0n) is 8.46. The van der Waals surface area contributed by atoms with E-state index in [2.05, 4.69) is 28.1 Å². The van der Waals surface area contributed by atoms with E-state index in [1.54, 1.807) is 0 Å². The molecule has 5 nitrogen and oxygen atoms in total. The average Bonchev–Trinajstić information content (AvgIpc) is 2.17. The van der Waals surface area contributed by atoms with Crippen molar-refractivity contribution in [2.24, 2.45) is 0 Å². The van der Waals surface area contributed by atoms with Crippen molar-refractivity contribution in [3.05, 3.63) is 0 Å². The number of carbonyl (C=O) groups excluding carboxylic acids is 2. The highest BCUT2D eigenvalue weighted by Gasteiger charge is 2.07. The molecule has 0 amide bonds. The van der Waals surface area contributed by atoms with E-state index in [1.165, 1.54) is 12.8 Å². The minimum Gasteiger partial charge on any atom is -0.437 e. The maximum Gasteiger partial charge on any atom is 0.518 e.